The minimum Gasteiger partial charge on any atom is -0.481 e. The van der Waals surface area contributed by atoms with E-state index in [1.807, 2.05) is 13.0 Å². The van der Waals surface area contributed by atoms with Crippen molar-refractivity contribution in [2.75, 3.05) is 38.8 Å². The molecule has 1 saturated heterocycles. The molecule has 2 aromatic heterocycles. The number of ether oxygens (including phenoxy) is 2. The van der Waals surface area contributed by atoms with Gasteiger partial charge in [0.2, 0.25) is 5.88 Å². The Kier molecular flexibility index (Phi) is 5.24. The molecule has 172 valence electrons. The maximum Gasteiger partial charge on any atom is 0.254 e. The molecule has 0 aliphatic carbocycles. The van der Waals surface area contributed by atoms with Gasteiger partial charge >= 0.3 is 0 Å². The summed E-state index contributed by atoms with van der Waals surface area (Å²) in [6.07, 6.45) is 0. The van der Waals surface area contributed by atoms with Gasteiger partial charge < -0.3 is 19.3 Å². The first-order valence-electron chi connectivity index (χ1n) is 10.7. The van der Waals surface area contributed by atoms with Gasteiger partial charge in [0.1, 0.15) is 11.5 Å². The number of amides is 1. The normalized spacial score (nSPS) is 18.1. The number of aryl methyl sites for hydroxylation is 2. The number of fused-ring (bicyclic) bond motifs is 8. The fourth-order valence-electron chi connectivity index (χ4n) is 4.68. The van der Waals surface area contributed by atoms with Gasteiger partial charge in [-0.2, -0.15) is 10.2 Å². The maximum atomic E-state index is 14.4. The molecule has 0 spiro atoms. The average Bonchev–Trinajstić information content (AvgIpc) is 3.12. The summed E-state index contributed by atoms with van der Waals surface area (Å²) in [5.41, 5.74) is 4.53. The van der Waals surface area contributed by atoms with Crippen LogP contribution in [0.3, 0.4) is 0 Å². The topological polar surface area (TPSA) is 85.6 Å². The molecular weight excluding hydrogens is 427 g/mol. The molecule has 1 amide bonds. The summed E-state index contributed by atoms with van der Waals surface area (Å²) < 4.78 is 27.4. The lowest BCUT2D eigenvalue weighted by molar-refractivity contribution is 0.0772. The first-order valence-corrected chi connectivity index (χ1v) is 10.7. The summed E-state index contributed by atoms with van der Waals surface area (Å²) in [6.45, 7) is 3.50. The Morgan fingerprint density at radius 2 is 2.03 bits per heavy atom. The highest BCUT2D eigenvalue weighted by atomic mass is 19.1. The van der Waals surface area contributed by atoms with Gasteiger partial charge in [0.05, 0.1) is 55.5 Å². The SMILES string of the molecule is COc1c2c(nn1C)CN(C)C(=O)c1ccc(F)cc1[C@H]1COCCN1c1cc-2nnc1C. The standard InChI is InChI=1S/C23H25FN6O3/c1-13-19-10-17(26-25-13)21-18(27-29(3)23(21)32-4)11-28(2)22(31)15-6-5-14(24)9-16(15)20-12-33-8-7-30(19)20/h5-6,9-10,20H,7-8,11-12H2,1-4H3/t20-/m1/s1. The Labute approximate surface area is 190 Å². The van der Waals surface area contributed by atoms with Crippen LogP contribution in [0.25, 0.3) is 11.3 Å². The fraction of sp³-hybridized carbons (Fsp3) is 0.391. The third-order valence-corrected chi connectivity index (χ3v) is 6.24. The predicted molar refractivity (Wildman–Crippen MR) is 119 cm³/mol. The van der Waals surface area contributed by atoms with Crippen LogP contribution in [-0.4, -0.2) is 64.7 Å². The smallest absolute Gasteiger partial charge is 0.254 e. The highest BCUT2D eigenvalue weighted by Gasteiger charge is 2.33. The Bertz CT molecular complexity index is 1240. The second-order valence-corrected chi connectivity index (χ2v) is 8.33. The molecule has 4 heterocycles. The Morgan fingerprint density at radius 1 is 1.21 bits per heavy atom. The maximum absolute atomic E-state index is 14.4. The number of aromatic nitrogens is 4. The number of anilines is 1. The van der Waals surface area contributed by atoms with Crippen LogP contribution in [0.4, 0.5) is 10.1 Å². The molecule has 1 aromatic carbocycles. The number of hydrogen-bond donors (Lipinski definition) is 0. The minimum atomic E-state index is -0.399. The lowest BCUT2D eigenvalue weighted by Crippen LogP contribution is -2.41. The molecule has 2 bridgehead atoms. The van der Waals surface area contributed by atoms with Crippen LogP contribution in [0.15, 0.2) is 24.3 Å². The van der Waals surface area contributed by atoms with Crippen molar-refractivity contribution in [1.82, 2.24) is 24.9 Å². The quantitative estimate of drug-likeness (QED) is 0.561. The number of morpholine rings is 1. The first-order chi connectivity index (χ1) is 15.9. The van der Waals surface area contributed by atoms with E-state index in [4.69, 9.17) is 9.47 Å². The van der Waals surface area contributed by atoms with E-state index < -0.39 is 5.82 Å². The second kappa shape index (κ2) is 8.11. The van der Waals surface area contributed by atoms with Crippen molar-refractivity contribution in [2.24, 2.45) is 7.05 Å². The summed E-state index contributed by atoms with van der Waals surface area (Å²) in [5.74, 6) is -0.0880. The van der Waals surface area contributed by atoms with Crippen LogP contribution in [-0.2, 0) is 18.3 Å². The third kappa shape index (κ3) is 3.50. The van der Waals surface area contributed by atoms with Crippen molar-refractivity contribution in [2.45, 2.75) is 19.5 Å². The summed E-state index contributed by atoms with van der Waals surface area (Å²) in [6, 6.07) is 5.90. The number of carbonyl (C=O) groups is 1. The minimum absolute atomic E-state index is 0.220. The molecule has 0 unspecified atom stereocenters. The van der Waals surface area contributed by atoms with Crippen LogP contribution >= 0.6 is 0 Å². The molecule has 0 N–H and O–H groups in total. The van der Waals surface area contributed by atoms with Crippen molar-refractivity contribution in [1.29, 1.82) is 0 Å². The van der Waals surface area contributed by atoms with E-state index in [1.165, 1.54) is 12.1 Å². The fourth-order valence-corrected chi connectivity index (χ4v) is 4.68. The van der Waals surface area contributed by atoms with Crippen LogP contribution in [0.1, 0.15) is 33.4 Å². The average molecular weight is 452 g/mol. The van der Waals surface area contributed by atoms with Crippen LogP contribution in [0, 0.1) is 12.7 Å². The molecule has 2 aliphatic rings. The predicted octanol–water partition coefficient (Wildman–Crippen LogP) is 2.50. The van der Waals surface area contributed by atoms with Gasteiger partial charge in [-0.25, -0.2) is 9.07 Å². The molecule has 1 atom stereocenters. The molecule has 33 heavy (non-hydrogen) atoms. The van der Waals surface area contributed by atoms with E-state index in [0.717, 1.165) is 11.4 Å². The zero-order valence-electron chi connectivity index (χ0n) is 19.0. The van der Waals surface area contributed by atoms with Crippen molar-refractivity contribution >= 4 is 11.6 Å². The van der Waals surface area contributed by atoms with Crippen molar-refractivity contribution < 1.29 is 18.7 Å². The van der Waals surface area contributed by atoms with Gasteiger partial charge in [-0.3, -0.25) is 4.79 Å². The van der Waals surface area contributed by atoms with Crippen LogP contribution in [0.5, 0.6) is 5.88 Å². The zero-order valence-corrected chi connectivity index (χ0v) is 19.0. The molecular formula is C23H25FN6O3. The Hall–Kier alpha value is -3.53. The lowest BCUT2D eigenvalue weighted by atomic mass is 9.96. The number of carbonyl (C=O) groups excluding carboxylic acids is 1. The van der Waals surface area contributed by atoms with Gasteiger partial charge in [-0.1, -0.05) is 0 Å². The molecule has 9 nitrogen and oxygen atoms in total. The van der Waals surface area contributed by atoms with E-state index in [2.05, 4.69) is 20.2 Å². The number of benzene rings is 1. The molecule has 1 fully saturated rings. The second-order valence-electron chi connectivity index (χ2n) is 8.33. The molecule has 0 saturated carbocycles. The highest BCUT2D eigenvalue weighted by molar-refractivity contribution is 5.96. The van der Waals surface area contributed by atoms with Crippen molar-refractivity contribution in [3.05, 3.63) is 52.6 Å². The number of nitrogens with zero attached hydrogens (tertiary/aromatic N) is 6. The monoisotopic (exact) mass is 452 g/mol. The molecule has 0 radical (unpaired) electrons. The number of hydrogen-bond acceptors (Lipinski definition) is 7. The van der Waals surface area contributed by atoms with Gasteiger partial charge in [-0.15, -0.1) is 5.10 Å². The Balaban J connectivity index is 1.80. The van der Waals surface area contributed by atoms with E-state index in [0.29, 0.717) is 53.7 Å². The summed E-state index contributed by atoms with van der Waals surface area (Å²) in [5, 5.41) is 13.5. The summed E-state index contributed by atoms with van der Waals surface area (Å²) in [4.78, 5) is 17.2. The van der Waals surface area contributed by atoms with E-state index in [-0.39, 0.29) is 18.5 Å². The summed E-state index contributed by atoms with van der Waals surface area (Å²) in [7, 11) is 5.06. The van der Waals surface area contributed by atoms with Gasteiger partial charge in [0.15, 0.2) is 0 Å². The Morgan fingerprint density at radius 3 is 2.82 bits per heavy atom. The molecule has 2 aliphatic heterocycles. The third-order valence-electron chi connectivity index (χ3n) is 6.24. The van der Waals surface area contributed by atoms with Gasteiger partial charge in [-0.05, 0) is 36.8 Å². The van der Waals surface area contributed by atoms with Crippen molar-refractivity contribution in [3.8, 4) is 17.1 Å². The number of rotatable bonds is 1. The van der Waals surface area contributed by atoms with Gasteiger partial charge in [0, 0.05) is 26.2 Å². The van der Waals surface area contributed by atoms with Gasteiger partial charge in [0.25, 0.3) is 5.91 Å². The summed E-state index contributed by atoms with van der Waals surface area (Å²) >= 11 is 0. The largest absolute Gasteiger partial charge is 0.481 e. The number of methoxy groups -OCH3 is 1. The van der Waals surface area contributed by atoms with Crippen molar-refractivity contribution in [3.63, 3.8) is 0 Å². The molecule has 5 rings (SSSR count). The first kappa shape index (κ1) is 21.3. The number of halogens is 1. The van der Waals surface area contributed by atoms with Crippen LogP contribution < -0.4 is 9.64 Å². The lowest BCUT2D eigenvalue weighted by Gasteiger charge is -2.39. The van der Waals surface area contributed by atoms with E-state index >= 15 is 0 Å². The van der Waals surface area contributed by atoms with E-state index in [9.17, 15) is 9.18 Å². The molecule has 10 heteroatoms. The highest BCUT2D eigenvalue weighted by Crippen LogP contribution is 2.39. The zero-order chi connectivity index (χ0) is 23.3. The van der Waals surface area contributed by atoms with Crippen LogP contribution in [0.2, 0.25) is 0 Å². The van der Waals surface area contributed by atoms with E-state index in [1.54, 1.807) is 36.9 Å². The molecule has 3 aromatic rings.